The van der Waals surface area contributed by atoms with Crippen molar-refractivity contribution in [1.29, 1.82) is 0 Å². The maximum Gasteiger partial charge on any atom is 0.252 e. The number of halogens is 1. The van der Waals surface area contributed by atoms with Crippen LogP contribution in [-0.4, -0.2) is 12.5 Å². The normalized spacial score (nSPS) is 15.7. The lowest BCUT2D eigenvalue weighted by molar-refractivity contribution is 0.0922. The molecule has 1 aliphatic rings. The third-order valence-electron chi connectivity index (χ3n) is 4.40. The van der Waals surface area contributed by atoms with Crippen molar-refractivity contribution in [2.75, 3.05) is 6.61 Å². The molecule has 2 aromatic carbocycles. The van der Waals surface area contributed by atoms with Crippen LogP contribution in [0.2, 0.25) is 0 Å². The van der Waals surface area contributed by atoms with Crippen molar-refractivity contribution in [2.45, 2.75) is 23.1 Å². The zero-order valence-electron chi connectivity index (χ0n) is 14.5. The van der Waals surface area contributed by atoms with Gasteiger partial charge in [-0.15, -0.1) is 23.1 Å². The number of hydrogen-bond acceptors (Lipinski definition) is 4. The van der Waals surface area contributed by atoms with Crippen LogP contribution >= 0.6 is 39.0 Å². The molecule has 3 nitrogen and oxygen atoms in total. The number of fused-ring (bicyclic) bond motifs is 1. The highest BCUT2D eigenvalue weighted by atomic mass is 79.9. The minimum Gasteiger partial charge on any atom is -0.493 e. The molecule has 27 heavy (non-hydrogen) atoms. The maximum absolute atomic E-state index is 13.0. The Hall–Kier alpha value is -1.76. The number of thiophene rings is 1. The molecule has 2 heterocycles. The Bertz CT molecular complexity index is 943. The fourth-order valence-corrected chi connectivity index (χ4v) is 5.28. The molecule has 0 saturated heterocycles. The summed E-state index contributed by atoms with van der Waals surface area (Å²) in [6.07, 6.45) is 0.764. The number of hydrogen-bond donors (Lipinski definition) is 1. The second kappa shape index (κ2) is 8.50. The molecule has 0 fully saturated rings. The molecule has 1 N–H and O–H groups in total. The van der Waals surface area contributed by atoms with Gasteiger partial charge in [0.05, 0.1) is 18.2 Å². The van der Waals surface area contributed by atoms with Crippen LogP contribution in [0.1, 0.15) is 33.3 Å². The van der Waals surface area contributed by atoms with Crippen molar-refractivity contribution in [1.82, 2.24) is 5.32 Å². The number of ether oxygens (including phenoxy) is 1. The molecule has 138 valence electrons. The van der Waals surface area contributed by atoms with Gasteiger partial charge in [-0.25, -0.2) is 0 Å². The van der Waals surface area contributed by atoms with E-state index in [0.29, 0.717) is 6.61 Å². The number of carbonyl (C=O) groups excluding carboxylic acids is 1. The first-order chi connectivity index (χ1) is 13.2. The average molecular weight is 460 g/mol. The molecule has 6 heteroatoms. The molecule has 4 rings (SSSR count). The molecule has 0 bridgehead atoms. The van der Waals surface area contributed by atoms with E-state index in [9.17, 15) is 4.79 Å². The van der Waals surface area contributed by atoms with Gasteiger partial charge in [-0.3, -0.25) is 4.79 Å². The van der Waals surface area contributed by atoms with Crippen LogP contribution in [0.3, 0.4) is 0 Å². The van der Waals surface area contributed by atoms with Crippen LogP contribution in [0.25, 0.3) is 0 Å². The first kappa shape index (κ1) is 18.6. The van der Waals surface area contributed by atoms with Gasteiger partial charge in [-0.1, -0.05) is 34.1 Å². The molecular formula is C21H18BrNO2S2. The van der Waals surface area contributed by atoms with Gasteiger partial charge in [-0.05, 0) is 41.8 Å². The van der Waals surface area contributed by atoms with E-state index in [-0.39, 0.29) is 11.9 Å². The number of thioether (sulfide) groups is 1. The number of amides is 1. The topological polar surface area (TPSA) is 38.3 Å². The van der Waals surface area contributed by atoms with E-state index in [1.54, 1.807) is 23.1 Å². The molecule has 0 radical (unpaired) electrons. The van der Waals surface area contributed by atoms with Gasteiger partial charge in [0, 0.05) is 32.0 Å². The predicted molar refractivity (Wildman–Crippen MR) is 115 cm³/mol. The summed E-state index contributed by atoms with van der Waals surface area (Å²) < 4.78 is 6.71. The van der Waals surface area contributed by atoms with Crippen molar-refractivity contribution in [3.05, 3.63) is 80.5 Å². The fraction of sp³-hybridized carbons (Fsp3) is 0.190. The van der Waals surface area contributed by atoms with Gasteiger partial charge in [0.1, 0.15) is 5.75 Å². The van der Waals surface area contributed by atoms with Gasteiger partial charge >= 0.3 is 0 Å². The van der Waals surface area contributed by atoms with Gasteiger partial charge in [0.15, 0.2) is 0 Å². The Balaban J connectivity index is 1.52. The molecule has 0 aliphatic carbocycles. The fourth-order valence-electron chi connectivity index (χ4n) is 3.07. The molecule has 1 aromatic heterocycles. The van der Waals surface area contributed by atoms with Crippen LogP contribution in [0.15, 0.2) is 69.3 Å². The highest BCUT2D eigenvalue weighted by Crippen LogP contribution is 2.35. The highest BCUT2D eigenvalue weighted by Gasteiger charge is 2.24. The Morgan fingerprint density at radius 1 is 1.22 bits per heavy atom. The van der Waals surface area contributed by atoms with Crippen molar-refractivity contribution >= 4 is 44.9 Å². The smallest absolute Gasteiger partial charge is 0.252 e. The maximum atomic E-state index is 13.0. The molecule has 1 atom stereocenters. The van der Waals surface area contributed by atoms with Crippen molar-refractivity contribution < 1.29 is 9.53 Å². The Labute approximate surface area is 175 Å². The summed E-state index contributed by atoms with van der Waals surface area (Å²) in [6.45, 7) is 0.606. The minimum atomic E-state index is -0.0471. The van der Waals surface area contributed by atoms with E-state index < -0.39 is 0 Å². The van der Waals surface area contributed by atoms with Gasteiger partial charge in [0.25, 0.3) is 5.91 Å². The van der Waals surface area contributed by atoms with Gasteiger partial charge < -0.3 is 10.1 Å². The molecule has 0 spiro atoms. The third kappa shape index (κ3) is 4.39. The Kier molecular flexibility index (Phi) is 5.86. The Morgan fingerprint density at radius 2 is 2.11 bits per heavy atom. The number of carbonyl (C=O) groups is 1. The number of nitrogens with one attached hydrogen (secondary N) is 1. The zero-order valence-corrected chi connectivity index (χ0v) is 17.7. The monoisotopic (exact) mass is 459 g/mol. The molecular weight excluding hydrogens is 442 g/mol. The van der Waals surface area contributed by atoms with Crippen LogP contribution in [-0.2, 0) is 5.75 Å². The van der Waals surface area contributed by atoms with Crippen molar-refractivity contribution in [3.8, 4) is 5.75 Å². The lowest BCUT2D eigenvalue weighted by Gasteiger charge is -2.27. The Morgan fingerprint density at radius 3 is 2.96 bits per heavy atom. The third-order valence-corrected chi connectivity index (χ3v) is 7.07. The SMILES string of the molecule is O=C(NC1CCOc2ccc(Br)cc21)c1ccccc1SCc1cccs1. The van der Waals surface area contributed by atoms with Crippen LogP contribution < -0.4 is 10.1 Å². The molecule has 1 amide bonds. The summed E-state index contributed by atoms with van der Waals surface area (Å²) in [5, 5.41) is 5.28. The summed E-state index contributed by atoms with van der Waals surface area (Å²) in [4.78, 5) is 15.3. The number of rotatable bonds is 5. The van der Waals surface area contributed by atoms with E-state index in [4.69, 9.17) is 4.74 Å². The standard InChI is InChI=1S/C21H18BrNO2S2/c22-14-7-8-19-17(12-14)18(9-10-25-19)23-21(24)16-5-1-2-6-20(16)27-13-15-4-3-11-26-15/h1-8,11-12,18H,9-10,13H2,(H,23,24). The number of benzene rings is 2. The second-order valence-electron chi connectivity index (χ2n) is 6.21. The van der Waals surface area contributed by atoms with Crippen molar-refractivity contribution in [2.24, 2.45) is 0 Å². The first-order valence-electron chi connectivity index (χ1n) is 8.68. The lowest BCUT2D eigenvalue weighted by Crippen LogP contribution is -2.32. The summed E-state index contributed by atoms with van der Waals surface area (Å²) in [5.41, 5.74) is 1.75. The quantitative estimate of drug-likeness (QED) is 0.471. The summed E-state index contributed by atoms with van der Waals surface area (Å²) in [6, 6.07) is 17.9. The molecule has 3 aromatic rings. The van der Waals surface area contributed by atoms with Gasteiger partial charge in [-0.2, -0.15) is 0 Å². The summed E-state index contributed by atoms with van der Waals surface area (Å²) in [7, 11) is 0. The second-order valence-corrected chi connectivity index (χ2v) is 9.17. The molecule has 0 saturated carbocycles. The average Bonchev–Trinajstić information content (AvgIpc) is 3.21. The lowest BCUT2D eigenvalue weighted by atomic mass is 10.00. The van der Waals surface area contributed by atoms with Gasteiger partial charge in [0.2, 0.25) is 0 Å². The van der Waals surface area contributed by atoms with E-state index >= 15 is 0 Å². The summed E-state index contributed by atoms with van der Waals surface area (Å²) in [5.74, 6) is 1.67. The van der Waals surface area contributed by atoms with Crippen LogP contribution in [0.4, 0.5) is 0 Å². The van der Waals surface area contributed by atoms with E-state index in [1.807, 2.05) is 42.5 Å². The predicted octanol–water partition coefficient (Wildman–Crippen LogP) is 6.06. The van der Waals surface area contributed by atoms with Crippen molar-refractivity contribution in [3.63, 3.8) is 0 Å². The van der Waals surface area contributed by atoms with Crippen LogP contribution in [0.5, 0.6) is 5.75 Å². The zero-order chi connectivity index (χ0) is 18.6. The largest absolute Gasteiger partial charge is 0.493 e. The summed E-state index contributed by atoms with van der Waals surface area (Å²) >= 11 is 6.95. The van der Waals surface area contributed by atoms with Crippen LogP contribution in [0, 0.1) is 0 Å². The highest BCUT2D eigenvalue weighted by molar-refractivity contribution is 9.10. The van der Waals surface area contributed by atoms with E-state index in [2.05, 4.69) is 38.8 Å². The van der Waals surface area contributed by atoms with E-state index in [1.165, 1.54) is 4.88 Å². The molecule has 1 unspecified atom stereocenters. The first-order valence-corrected chi connectivity index (χ1v) is 11.3. The van der Waals surface area contributed by atoms with E-state index in [0.717, 1.165) is 38.4 Å². The minimum absolute atomic E-state index is 0.0397. The molecule has 1 aliphatic heterocycles.